The summed E-state index contributed by atoms with van der Waals surface area (Å²) in [5.74, 6) is 1.68. The van der Waals surface area contributed by atoms with E-state index < -0.39 is 0 Å². The van der Waals surface area contributed by atoms with Gasteiger partial charge in [0.05, 0.1) is 0 Å². The second-order valence-corrected chi connectivity index (χ2v) is 6.10. The topological polar surface area (TPSA) is 12.0 Å². The average Bonchev–Trinajstić information content (AvgIpc) is 2.39. The van der Waals surface area contributed by atoms with Gasteiger partial charge in [-0.05, 0) is 49.5 Å². The highest BCUT2D eigenvalue weighted by atomic mass is 32.2. The van der Waals surface area contributed by atoms with Crippen LogP contribution < -0.4 is 5.32 Å². The summed E-state index contributed by atoms with van der Waals surface area (Å²) in [7, 11) is 0. The van der Waals surface area contributed by atoms with Gasteiger partial charge in [0.15, 0.2) is 0 Å². The zero-order valence-electron chi connectivity index (χ0n) is 10.3. The third-order valence-electron chi connectivity index (χ3n) is 3.47. The maximum Gasteiger partial charge on any atom is 0.123 e. The van der Waals surface area contributed by atoms with Crippen LogP contribution in [-0.2, 0) is 5.75 Å². The molecule has 0 saturated carbocycles. The molecule has 0 aromatic heterocycles. The van der Waals surface area contributed by atoms with Crippen molar-refractivity contribution < 1.29 is 4.39 Å². The molecule has 2 rings (SSSR count). The fraction of sp³-hybridized carbons (Fsp3) is 0.571. The molecule has 0 bridgehead atoms. The Morgan fingerprint density at radius 1 is 1.29 bits per heavy atom. The van der Waals surface area contributed by atoms with Gasteiger partial charge in [-0.2, -0.15) is 11.8 Å². The van der Waals surface area contributed by atoms with Crippen LogP contribution in [0.3, 0.4) is 0 Å². The Morgan fingerprint density at radius 2 is 1.94 bits per heavy atom. The summed E-state index contributed by atoms with van der Waals surface area (Å²) in [4.78, 5) is 0. The van der Waals surface area contributed by atoms with Crippen LogP contribution in [0.5, 0.6) is 0 Å². The van der Waals surface area contributed by atoms with E-state index in [-0.39, 0.29) is 5.82 Å². The first kappa shape index (κ1) is 12.9. The fourth-order valence-corrected chi connectivity index (χ4v) is 3.45. The minimum atomic E-state index is -0.148. The largest absolute Gasteiger partial charge is 0.317 e. The molecule has 0 radical (unpaired) electrons. The molecule has 1 aromatic carbocycles. The minimum Gasteiger partial charge on any atom is -0.317 e. The number of thioether (sulfide) groups is 1. The van der Waals surface area contributed by atoms with Crippen molar-refractivity contribution in [3.63, 3.8) is 0 Å². The molecule has 1 nitrogen and oxygen atoms in total. The summed E-state index contributed by atoms with van der Waals surface area (Å²) >= 11 is 1.99. The van der Waals surface area contributed by atoms with Crippen LogP contribution in [0.4, 0.5) is 4.39 Å². The molecule has 94 valence electrons. The molecule has 17 heavy (non-hydrogen) atoms. The maximum absolute atomic E-state index is 12.8. The van der Waals surface area contributed by atoms with Crippen LogP contribution in [-0.4, -0.2) is 18.3 Å². The third-order valence-corrected chi connectivity index (χ3v) is 4.88. The second kappa shape index (κ2) is 6.41. The molecule has 1 heterocycles. The summed E-state index contributed by atoms with van der Waals surface area (Å²) in [5.41, 5.74) is 1.22. The molecule has 1 N–H and O–H groups in total. The van der Waals surface area contributed by atoms with Crippen LogP contribution in [0, 0.1) is 11.7 Å². The van der Waals surface area contributed by atoms with Crippen molar-refractivity contribution in [2.75, 3.05) is 13.1 Å². The van der Waals surface area contributed by atoms with E-state index in [1.165, 1.54) is 18.4 Å². The molecule has 0 aliphatic carbocycles. The molecule has 0 amide bonds. The maximum atomic E-state index is 12.8. The van der Waals surface area contributed by atoms with Crippen molar-refractivity contribution in [3.8, 4) is 0 Å². The summed E-state index contributed by atoms with van der Waals surface area (Å²) in [6, 6.07) is 6.87. The summed E-state index contributed by atoms with van der Waals surface area (Å²) in [5, 5.41) is 4.10. The Kier molecular flexibility index (Phi) is 4.86. The first-order chi connectivity index (χ1) is 8.25. The molecular formula is C14H20FNS. The van der Waals surface area contributed by atoms with Gasteiger partial charge >= 0.3 is 0 Å². The molecule has 3 heteroatoms. The fourth-order valence-electron chi connectivity index (χ4n) is 2.26. The van der Waals surface area contributed by atoms with E-state index in [0.717, 1.165) is 24.8 Å². The monoisotopic (exact) mass is 253 g/mol. The quantitative estimate of drug-likeness (QED) is 0.882. The number of hydrogen-bond acceptors (Lipinski definition) is 2. The molecule has 1 fully saturated rings. The van der Waals surface area contributed by atoms with Crippen LogP contribution >= 0.6 is 11.8 Å². The Balaban J connectivity index is 1.78. The predicted octanol–water partition coefficient (Wildman–Crippen LogP) is 3.45. The number of hydrogen-bond donors (Lipinski definition) is 1. The summed E-state index contributed by atoms with van der Waals surface area (Å²) in [6.07, 6.45) is 2.58. The number of rotatable bonds is 4. The average molecular weight is 253 g/mol. The Morgan fingerprint density at radius 3 is 2.59 bits per heavy atom. The normalized spacial score (nSPS) is 19.2. The van der Waals surface area contributed by atoms with Gasteiger partial charge in [0.1, 0.15) is 5.82 Å². The van der Waals surface area contributed by atoms with Crippen molar-refractivity contribution in [3.05, 3.63) is 35.6 Å². The molecular weight excluding hydrogens is 233 g/mol. The second-order valence-electron chi connectivity index (χ2n) is 4.73. The number of piperidine rings is 1. The number of halogens is 1. The highest BCUT2D eigenvalue weighted by Crippen LogP contribution is 2.28. The number of benzene rings is 1. The highest BCUT2D eigenvalue weighted by Gasteiger charge is 2.19. The summed E-state index contributed by atoms with van der Waals surface area (Å²) < 4.78 is 12.8. The van der Waals surface area contributed by atoms with Gasteiger partial charge in [-0.25, -0.2) is 4.39 Å². The van der Waals surface area contributed by atoms with Crippen LogP contribution in [0.25, 0.3) is 0 Å². The predicted molar refractivity (Wildman–Crippen MR) is 72.8 cm³/mol. The molecule has 1 atom stereocenters. The summed E-state index contributed by atoms with van der Waals surface area (Å²) in [6.45, 7) is 4.64. The van der Waals surface area contributed by atoms with E-state index in [1.807, 2.05) is 23.9 Å². The lowest BCUT2D eigenvalue weighted by Crippen LogP contribution is -2.31. The van der Waals surface area contributed by atoms with Gasteiger partial charge in [0.2, 0.25) is 0 Å². The van der Waals surface area contributed by atoms with E-state index in [2.05, 4.69) is 12.2 Å². The molecule has 0 spiro atoms. The van der Waals surface area contributed by atoms with Crippen molar-refractivity contribution in [1.82, 2.24) is 5.32 Å². The van der Waals surface area contributed by atoms with Crippen molar-refractivity contribution >= 4 is 11.8 Å². The van der Waals surface area contributed by atoms with Crippen molar-refractivity contribution in [2.24, 2.45) is 5.92 Å². The Labute approximate surface area is 107 Å². The van der Waals surface area contributed by atoms with Gasteiger partial charge in [-0.1, -0.05) is 19.1 Å². The molecule has 1 saturated heterocycles. The first-order valence-electron chi connectivity index (χ1n) is 6.32. The van der Waals surface area contributed by atoms with Gasteiger partial charge in [-0.15, -0.1) is 0 Å². The SMILES string of the molecule is CC(SCc1ccc(F)cc1)C1CCNCC1. The standard InChI is InChI=1S/C14H20FNS/c1-11(13-6-8-16-9-7-13)17-10-12-2-4-14(15)5-3-12/h2-5,11,13,16H,6-10H2,1H3. The lowest BCUT2D eigenvalue weighted by Gasteiger charge is -2.27. The lowest BCUT2D eigenvalue weighted by molar-refractivity contribution is 0.373. The zero-order chi connectivity index (χ0) is 12.1. The number of nitrogens with one attached hydrogen (secondary N) is 1. The Bertz CT molecular complexity index is 333. The molecule has 1 aliphatic heterocycles. The van der Waals surface area contributed by atoms with E-state index in [0.29, 0.717) is 5.25 Å². The molecule has 1 aromatic rings. The van der Waals surface area contributed by atoms with Crippen molar-refractivity contribution in [1.29, 1.82) is 0 Å². The smallest absolute Gasteiger partial charge is 0.123 e. The van der Waals surface area contributed by atoms with Crippen LogP contribution in [0.15, 0.2) is 24.3 Å². The zero-order valence-corrected chi connectivity index (χ0v) is 11.1. The van der Waals surface area contributed by atoms with Gasteiger partial charge in [-0.3, -0.25) is 0 Å². The van der Waals surface area contributed by atoms with Crippen LogP contribution in [0.2, 0.25) is 0 Å². The van der Waals surface area contributed by atoms with E-state index in [1.54, 1.807) is 12.1 Å². The van der Waals surface area contributed by atoms with Gasteiger partial charge < -0.3 is 5.32 Å². The third kappa shape index (κ3) is 4.00. The van der Waals surface area contributed by atoms with Crippen LogP contribution in [0.1, 0.15) is 25.3 Å². The molecule has 1 aliphatic rings. The van der Waals surface area contributed by atoms with E-state index >= 15 is 0 Å². The van der Waals surface area contributed by atoms with Gasteiger partial charge in [0, 0.05) is 11.0 Å². The van der Waals surface area contributed by atoms with E-state index in [9.17, 15) is 4.39 Å². The van der Waals surface area contributed by atoms with Gasteiger partial charge in [0.25, 0.3) is 0 Å². The van der Waals surface area contributed by atoms with E-state index in [4.69, 9.17) is 0 Å². The Hall–Kier alpha value is -0.540. The highest BCUT2D eigenvalue weighted by molar-refractivity contribution is 7.99. The minimum absolute atomic E-state index is 0.148. The molecule has 1 unspecified atom stereocenters. The first-order valence-corrected chi connectivity index (χ1v) is 7.37. The lowest BCUT2D eigenvalue weighted by atomic mass is 9.95. The van der Waals surface area contributed by atoms with Crippen molar-refractivity contribution in [2.45, 2.75) is 30.8 Å².